The van der Waals surface area contributed by atoms with Gasteiger partial charge in [0.05, 0.1) is 6.54 Å². The molecule has 0 aromatic heterocycles. The molecule has 0 radical (unpaired) electrons. The molecule has 0 aliphatic carbocycles. The average molecular weight is 352 g/mol. The van der Waals surface area contributed by atoms with Crippen LogP contribution in [0.2, 0.25) is 0 Å². The number of nitrogens with one attached hydrogen (secondary N) is 1. The highest BCUT2D eigenvalue weighted by Gasteiger charge is 2.31. The predicted molar refractivity (Wildman–Crippen MR) is 92.7 cm³/mol. The third kappa shape index (κ3) is 5.78. The van der Waals surface area contributed by atoms with Gasteiger partial charge in [-0.25, -0.2) is 0 Å². The Bertz CT molecular complexity index is 380. The smallest absolute Gasteiger partial charge is 0.236 e. The second-order valence-electron chi connectivity index (χ2n) is 5.58. The van der Waals surface area contributed by atoms with Gasteiger partial charge in [-0.2, -0.15) is 0 Å². The van der Waals surface area contributed by atoms with Gasteiger partial charge in [0.1, 0.15) is 0 Å². The van der Waals surface area contributed by atoms with E-state index in [1.54, 1.807) is 0 Å². The summed E-state index contributed by atoms with van der Waals surface area (Å²) in [5, 5.41) is 3.09. The van der Waals surface area contributed by atoms with Gasteiger partial charge in [0.2, 0.25) is 11.8 Å². The number of amides is 2. The fourth-order valence-electron chi connectivity index (χ4n) is 3.00. The molecule has 5 nitrogen and oxygen atoms in total. The van der Waals surface area contributed by atoms with Gasteiger partial charge >= 0.3 is 0 Å². The number of carbonyl (C=O) groups excluding carboxylic acids is 2. The Hall–Kier alpha value is -0.780. The van der Waals surface area contributed by atoms with Crippen molar-refractivity contribution in [3.63, 3.8) is 0 Å². The lowest BCUT2D eigenvalue weighted by Crippen LogP contribution is -2.57. The first-order valence-corrected chi connectivity index (χ1v) is 7.61. The summed E-state index contributed by atoms with van der Waals surface area (Å²) < 4.78 is 0. The molecule has 7 heteroatoms. The van der Waals surface area contributed by atoms with E-state index in [2.05, 4.69) is 11.9 Å². The maximum Gasteiger partial charge on any atom is 0.236 e. The van der Waals surface area contributed by atoms with Crippen LogP contribution in [-0.4, -0.2) is 60.4 Å². The summed E-state index contributed by atoms with van der Waals surface area (Å²) in [5.74, 6) is 0.390. The zero-order valence-electron chi connectivity index (χ0n) is 13.0. The predicted octanol–water partition coefficient (Wildman–Crippen LogP) is 1.61. The Morgan fingerprint density at radius 2 is 2.14 bits per heavy atom. The van der Waals surface area contributed by atoms with Gasteiger partial charge < -0.3 is 15.1 Å². The van der Waals surface area contributed by atoms with Crippen molar-refractivity contribution in [2.45, 2.75) is 38.1 Å². The van der Waals surface area contributed by atoms with Crippen LogP contribution in [0.15, 0.2) is 12.7 Å². The normalized spacial score (nSPS) is 21.6. The van der Waals surface area contributed by atoms with Crippen LogP contribution in [0.3, 0.4) is 0 Å². The topological polar surface area (TPSA) is 52.7 Å². The van der Waals surface area contributed by atoms with E-state index in [0.29, 0.717) is 19.5 Å². The van der Waals surface area contributed by atoms with Gasteiger partial charge in [0, 0.05) is 38.6 Å². The Morgan fingerprint density at radius 1 is 1.36 bits per heavy atom. The summed E-state index contributed by atoms with van der Waals surface area (Å²) in [5.41, 5.74) is 0. The van der Waals surface area contributed by atoms with Crippen molar-refractivity contribution in [2.75, 3.05) is 32.7 Å². The van der Waals surface area contributed by atoms with E-state index in [4.69, 9.17) is 0 Å². The Balaban J connectivity index is 0.00000220. The molecule has 2 saturated heterocycles. The molecule has 0 bridgehead atoms. The van der Waals surface area contributed by atoms with Crippen molar-refractivity contribution in [1.82, 2.24) is 15.1 Å². The van der Waals surface area contributed by atoms with Crippen LogP contribution in [0.25, 0.3) is 0 Å². The maximum atomic E-state index is 12.2. The van der Waals surface area contributed by atoms with E-state index < -0.39 is 0 Å². The van der Waals surface area contributed by atoms with Crippen LogP contribution >= 0.6 is 24.8 Å². The summed E-state index contributed by atoms with van der Waals surface area (Å²) in [7, 11) is 0. The van der Waals surface area contributed by atoms with Gasteiger partial charge in [-0.1, -0.05) is 6.08 Å². The van der Waals surface area contributed by atoms with Crippen LogP contribution in [0, 0.1) is 0 Å². The second-order valence-corrected chi connectivity index (χ2v) is 5.58. The molecule has 2 heterocycles. The van der Waals surface area contributed by atoms with E-state index >= 15 is 0 Å². The van der Waals surface area contributed by atoms with Crippen LogP contribution in [-0.2, 0) is 9.59 Å². The summed E-state index contributed by atoms with van der Waals surface area (Å²) in [6.45, 7) is 7.28. The highest BCUT2D eigenvalue weighted by Crippen LogP contribution is 2.18. The molecular weight excluding hydrogens is 325 g/mol. The Morgan fingerprint density at radius 3 is 2.82 bits per heavy atom. The van der Waals surface area contributed by atoms with E-state index in [9.17, 15) is 9.59 Å². The number of likely N-dealkylation sites (tertiary alicyclic amines) is 1. The molecule has 2 rings (SSSR count). The SMILES string of the molecule is C=CCCCC(=O)N1CCCC(N2CCNCC2=O)C1.Cl.Cl. The third-order valence-corrected chi connectivity index (χ3v) is 4.11. The fraction of sp³-hybridized carbons (Fsp3) is 0.733. The zero-order chi connectivity index (χ0) is 14.4. The van der Waals surface area contributed by atoms with E-state index in [0.717, 1.165) is 45.3 Å². The highest BCUT2D eigenvalue weighted by molar-refractivity contribution is 5.85. The summed E-state index contributed by atoms with van der Waals surface area (Å²) in [6.07, 6.45) is 6.21. The molecule has 0 saturated carbocycles. The minimum Gasteiger partial charge on any atom is -0.341 e. The standard InChI is InChI=1S/C15H25N3O2.2ClH/c1-2-3-4-7-14(19)17-9-5-6-13(12-17)18-10-8-16-11-15(18)20;;/h2,13,16H,1,3-12H2;2*1H. The van der Waals surface area contributed by atoms with Gasteiger partial charge in [-0.05, 0) is 25.7 Å². The number of nitrogens with zero attached hydrogens (tertiary/aromatic N) is 2. The minimum absolute atomic E-state index is 0. The van der Waals surface area contributed by atoms with Crippen molar-refractivity contribution in [3.8, 4) is 0 Å². The summed E-state index contributed by atoms with van der Waals surface area (Å²) in [6, 6.07) is 0.210. The summed E-state index contributed by atoms with van der Waals surface area (Å²) >= 11 is 0. The first-order chi connectivity index (χ1) is 9.72. The molecule has 2 aliphatic heterocycles. The van der Waals surface area contributed by atoms with Crippen LogP contribution in [0.1, 0.15) is 32.1 Å². The lowest BCUT2D eigenvalue weighted by molar-refractivity contribution is -0.140. The molecule has 0 spiro atoms. The zero-order valence-corrected chi connectivity index (χ0v) is 14.6. The maximum absolute atomic E-state index is 12.2. The molecule has 0 aromatic carbocycles. The van der Waals surface area contributed by atoms with Gasteiger partial charge in [0.25, 0.3) is 0 Å². The number of piperazine rings is 1. The molecular formula is C15H27Cl2N3O2. The molecule has 2 amide bonds. The number of hydrogen-bond donors (Lipinski definition) is 1. The third-order valence-electron chi connectivity index (χ3n) is 4.11. The van der Waals surface area contributed by atoms with Crippen molar-refractivity contribution in [3.05, 3.63) is 12.7 Å². The second kappa shape index (κ2) is 10.9. The van der Waals surface area contributed by atoms with Crippen molar-refractivity contribution >= 4 is 36.6 Å². The minimum atomic E-state index is 0. The quantitative estimate of drug-likeness (QED) is 0.604. The van der Waals surface area contributed by atoms with Crippen LogP contribution in [0.4, 0.5) is 0 Å². The lowest BCUT2D eigenvalue weighted by atomic mass is 10.0. The number of hydrogen-bond acceptors (Lipinski definition) is 3. The monoisotopic (exact) mass is 351 g/mol. The number of rotatable bonds is 5. The van der Waals surface area contributed by atoms with E-state index in [1.807, 2.05) is 15.9 Å². The number of allylic oxidation sites excluding steroid dienone is 1. The molecule has 128 valence electrons. The molecule has 1 N–H and O–H groups in total. The number of unbranched alkanes of at least 4 members (excludes halogenated alkanes) is 1. The van der Waals surface area contributed by atoms with Gasteiger partial charge in [0.15, 0.2) is 0 Å². The lowest BCUT2D eigenvalue weighted by Gasteiger charge is -2.41. The highest BCUT2D eigenvalue weighted by atomic mass is 35.5. The number of halogens is 2. The largest absolute Gasteiger partial charge is 0.341 e. The molecule has 1 unspecified atom stereocenters. The van der Waals surface area contributed by atoms with Crippen LogP contribution < -0.4 is 5.32 Å². The summed E-state index contributed by atoms with van der Waals surface area (Å²) in [4.78, 5) is 28.0. The molecule has 0 aromatic rings. The first-order valence-electron chi connectivity index (χ1n) is 7.61. The van der Waals surface area contributed by atoms with Gasteiger partial charge in [-0.3, -0.25) is 9.59 Å². The Labute approximate surface area is 145 Å². The van der Waals surface area contributed by atoms with E-state index in [-0.39, 0.29) is 42.7 Å². The van der Waals surface area contributed by atoms with Gasteiger partial charge in [-0.15, -0.1) is 31.4 Å². The van der Waals surface area contributed by atoms with E-state index in [1.165, 1.54) is 0 Å². The van der Waals surface area contributed by atoms with Crippen LogP contribution in [0.5, 0.6) is 0 Å². The number of carbonyl (C=O) groups is 2. The van der Waals surface area contributed by atoms with Crippen molar-refractivity contribution in [1.29, 1.82) is 0 Å². The molecule has 2 fully saturated rings. The Kier molecular flexibility index (Phi) is 10.5. The molecule has 2 aliphatic rings. The number of piperidine rings is 1. The van der Waals surface area contributed by atoms with Crippen molar-refractivity contribution in [2.24, 2.45) is 0 Å². The molecule has 1 atom stereocenters. The first kappa shape index (κ1) is 21.2. The fourth-order valence-corrected chi connectivity index (χ4v) is 3.00. The molecule has 22 heavy (non-hydrogen) atoms. The average Bonchev–Trinajstić information content (AvgIpc) is 2.48. The van der Waals surface area contributed by atoms with Crippen molar-refractivity contribution < 1.29 is 9.59 Å².